The molecule has 23 heavy (non-hydrogen) atoms. The maximum atomic E-state index is 13.8. The van der Waals surface area contributed by atoms with E-state index in [1.54, 1.807) is 12.5 Å². The topological polar surface area (TPSA) is 60.7 Å². The van der Waals surface area contributed by atoms with Crippen molar-refractivity contribution >= 4 is 16.7 Å². The Morgan fingerprint density at radius 2 is 2.13 bits per heavy atom. The van der Waals surface area contributed by atoms with Crippen molar-refractivity contribution in [2.24, 2.45) is 7.05 Å². The molecule has 4 rings (SSSR count). The molecule has 0 saturated heterocycles. The van der Waals surface area contributed by atoms with Crippen LogP contribution in [0.15, 0.2) is 36.8 Å². The van der Waals surface area contributed by atoms with Crippen LogP contribution in [-0.2, 0) is 18.3 Å². The fourth-order valence-corrected chi connectivity index (χ4v) is 2.68. The number of aromatic nitrogens is 4. The van der Waals surface area contributed by atoms with Gasteiger partial charge in [-0.3, -0.25) is 4.79 Å². The molecule has 0 N–H and O–H groups in total. The van der Waals surface area contributed by atoms with E-state index in [0.29, 0.717) is 18.5 Å². The highest BCUT2D eigenvalue weighted by molar-refractivity contribution is 5.92. The Labute approximate surface area is 132 Å². The standard InChI is InChI=1S/C17H15FN4O/c1-22-10-19-9-15(22)11-2-3-14-12(6-11)7-13(20-21-14)8-16(23)17(18)4-5-17/h2-3,6-7,9-10H,4-5,8H2,1H3. The Balaban J connectivity index is 1.69. The van der Waals surface area contributed by atoms with E-state index in [4.69, 9.17) is 0 Å². The van der Waals surface area contributed by atoms with Crippen molar-refractivity contribution in [1.82, 2.24) is 19.7 Å². The number of benzene rings is 1. The predicted octanol–water partition coefficient (Wildman–Crippen LogP) is 2.64. The van der Waals surface area contributed by atoms with Gasteiger partial charge in [0.25, 0.3) is 0 Å². The number of alkyl halides is 1. The first-order valence-corrected chi connectivity index (χ1v) is 7.50. The zero-order chi connectivity index (χ0) is 16.0. The minimum atomic E-state index is -1.62. The lowest BCUT2D eigenvalue weighted by Crippen LogP contribution is -2.19. The third-order valence-corrected chi connectivity index (χ3v) is 4.28. The van der Waals surface area contributed by atoms with Crippen molar-refractivity contribution in [3.8, 4) is 11.3 Å². The number of hydrogen-bond donors (Lipinski definition) is 0. The quantitative estimate of drug-likeness (QED) is 0.743. The third kappa shape index (κ3) is 2.50. The van der Waals surface area contributed by atoms with Crippen molar-refractivity contribution in [2.45, 2.75) is 24.9 Å². The van der Waals surface area contributed by atoms with Crippen molar-refractivity contribution in [3.05, 3.63) is 42.5 Å². The Morgan fingerprint density at radius 3 is 2.83 bits per heavy atom. The van der Waals surface area contributed by atoms with Crippen molar-refractivity contribution in [2.75, 3.05) is 0 Å². The number of rotatable bonds is 4. The Bertz CT molecular complexity index is 914. The maximum Gasteiger partial charge on any atom is 0.175 e. The van der Waals surface area contributed by atoms with Gasteiger partial charge in [-0.05, 0) is 31.0 Å². The molecule has 2 heterocycles. The minimum absolute atomic E-state index is 0.00459. The summed E-state index contributed by atoms with van der Waals surface area (Å²) in [5.41, 5.74) is 1.63. The van der Waals surface area contributed by atoms with Gasteiger partial charge in [0, 0.05) is 18.0 Å². The first-order valence-electron chi connectivity index (χ1n) is 7.50. The summed E-state index contributed by atoms with van der Waals surface area (Å²) in [6.45, 7) is 0. The van der Waals surface area contributed by atoms with Crippen LogP contribution < -0.4 is 0 Å². The zero-order valence-electron chi connectivity index (χ0n) is 12.7. The fourth-order valence-electron chi connectivity index (χ4n) is 2.68. The van der Waals surface area contributed by atoms with Crippen LogP contribution in [0.3, 0.4) is 0 Å². The van der Waals surface area contributed by atoms with E-state index in [9.17, 15) is 9.18 Å². The second kappa shape index (κ2) is 4.94. The maximum absolute atomic E-state index is 13.8. The largest absolute Gasteiger partial charge is 0.334 e. The highest BCUT2D eigenvalue weighted by Gasteiger charge is 2.50. The summed E-state index contributed by atoms with van der Waals surface area (Å²) in [7, 11) is 1.93. The van der Waals surface area contributed by atoms with E-state index in [1.165, 1.54) is 0 Å². The number of halogens is 1. The molecule has 1 aliphatic rings. The van der Waals surface area contributed by atoms with Gasteiger partial charge >= 0.3 is 0 Å². The van der Waals surface area contributed by atoms with E-state index >= 15 is 0 Å². The number of carbonyl (C=O) groups excluding carboxylic acids is 1. The number of fused-ring (bicyclic) bond motifs is 1. The molecule has 0 aliphatic heterocycles. The number of hydrogen-bond acceptors (Lipinski definition) is 4. The average Bonchev–Trinajstić information content (AvgIpc) is 3.15. The summed E-state index contributed by atoms with van der Waals surface area (Å²) in [4.78, 5) is 16.0. The molecular formula is C17H15FN4O. The normalized spacial score (nSPS) is 15.7. The van der Waals surface area contributed by atoms with Gasteiger partial charge < -0.3 is 4.57 Å². The van der Waals surface area contributed by atoms with E-state index in [0.717, 1.165) is 22.2 Å². The molecule has 5 nitrogen and oxygen atoms in total. The SMILES string of the molecule is Cn1cncc1-c1ccc2nnc(CC(=O)C3(F)CC3)cc2c1. The highest BCUT2D eigenvalue weighted by atomic mass is 19.1. The van der Waals surface area contributed by atoms with Crippen molar-refractivity contribution in [1.29, 1.82) is 0 Å². The number of ketones is 1. The van der Waals surface area contributed by atoms with Crippen molar-refractivity contribution < 1.29 is 9.18 Å². The molecule has 116 valence electrons. The first-order chi connectivity index (χ1) is 11.0. The van der Waals surface area contributed by atoms with Gasteiger partial charge in [0.1, 0.15) is 0 Å². The predicted molar refractivity (Wildman–Crippen MR) is 83.5 cm³/mol. The summed E-state index contributed by atoms with van der Waals surface area (Å²) < 4.78 is 15.7. The lowest BCUT2D eigenvalue weighted by atomic mass is 10.1. The summed E-state index contributed by atoms with van der Waals surface area (Å²) in [6, 6.07) is 7.64. The lowest BCUT2D eigenvalue weighted by molar-refractivity contribution is -0.124. The fraction of sp³-hybridized carbons (Fsp3) is 0.294. The van der Waals surface area contributed by atoms with E-state index in [1.807, 2.05) is 35.9 Å². The Morgan fingerprint density at radius 1 is 1.30 bits per heavy atom. The first kappa shape index (κ1) is 14.0. The van der Waals surface area contributed by atoms with Crippen LogP contribution in [0.4, 0.5) is 4.39 Å². The van der Waals surface area contributed by atoms with E-state index in [2.05, 4.69) is 15.2 Å². The van der Waals surface area contributed by atoms with E-state index in [-0.39, 0.29) is 6.42 Å². The highest BCUT2D eigenvalue weighted by Crippen LogP contribution is 2.41. The smallest absolute Gasteiger partial charge is 0.175 e. The number of imidazole rings is 1. The van der Waals surface area contributed by atoms with Crippen LogP contribution in [0, 0.1) is 0 Å². The Hall–Kier alpha value is -2.63. The van der Waals surface area contributed by atoms with Gasteiger partial charge in [0.05, 0.1) is 35.8 Å². The number of carbonyl (C=O) groups is 1. The molecule has 0 spiro atoms. The van der Waals surface area contributed by atoms with Crippen molar-refractivity contribution in [3.63, 3.8) is 0 Å². The molecule has 1 aliphatic carbocycles. The van der Waals surface area contributed by atoms with Crippen LogP contribution in [-0.4, -0.2) is 31.2 Å². The molecule has 0 radical (unpaired) electrons. The molecule has 0 amide bonds. The second-order valence-electron chi connectivity index (χ2n) is 6.06. The molecule has 6 heteroatoms. The van der Waals surface area contributed by atoms with Crippen LogP contribution >= 0.6 is 0 Å². The molecule has 1 aromatic carbocycles. The second-order valence-corrected chi connectivity index (χ2v) is 6.06. The van der Waals surface area contributed by atoms with Gasteiger partial charge in [-0.2, -0.15) is 10.2 Å². The molecular weight excluding hydrogens is 295 g/mol. The number of Topliss-reactive ketones (excluding diaryl/α,β-unsaturated/α-hetero) is 1. The van der Waals surface area contributed by atoms with Crippen LogP contribution in [0.1, 0.15) is 18.5 Å². The van der Waals surface area contributed by atoms with Gasteiger partial charge in [0.2, 0.25) is 0 Å². The van der Waals surface area contributed by atoms with Crippen LogP contribution in [0.2, 0.25) is 0 Å². The molecule has 3 aromatic rings. The summed E-state index contributed by atoms with van der Waals surface area (Å²) in [5.74, 6) is -0.395. The van der Waals surface area contributed by atoms with Gasteiger partial charge in [-0.15, -0.1) is 0 Å². The molecule has 0 unspecified atom stereocenters. The summed E-state index contributed by atoms with van der Waals surface area (Å²) >= 11 is 0. The van der Waals surface area contributed by atoms with Gasteiger partial charge in [0.15, 0.2) is 11.5 Å². The summed E-state index contributed by atoms with van der Waals surface area (Å²) in [5, 5.41) is 9.06. The Kier molecular flexibility index (Phi) is 3.01. The van der Waals surface area contributed by atoms with Gasteiger partial charge in [-0.1, -0.05) is 6.07 Å². The molecule has 1 saturated carbocycles. The molecule has 0 bridgehead atoms. The van der Waals surface area contributed by atoms with Crippen LogP contribution in [0.25, 0.3) is 22.2 Å². The summed E-state index contributed by atoms with van der Waals surface area (Å²) in [6.07, 6.45) is 4.19. The number of aryl methyl sites for hydroxylation is 1. The lowest BCUT2D eigenvalue weighted by Gasteiger charge is -2.06. The monoisotopic (exact) mass is 310 g/mol. The molecule has 1 fully saturated rings. The minimum Gasteiger partial charge on any atom is -0.334 e. The van der Waals surface area contributed by atoms with E-state index < -0.39 is 11.5 Å². The third-order valence-electron chi connectivity index (χ3n) is 4.28. The van der Waals surface area contributed by atoms with Gasteiger partial charge in [-0.25, -0.2) is 9.37 Å². The average molecular weight is 310 g/mol. The number of nitrogens with zero attached hydrogens (tertiary/aromatic N) is 4. The molecule has 0 atom stereocenters. The van der Waals surface area contributed by atoms with Crippen LogP contribution in [0.5, 0.6) is 0 Å². The zero-order valence-corrected chi connectivity index (χ0v) is 12.7. The molecule has 2 aromatic heterocycles.